The third-order valence-corrected chi connectivity index (χ3v) is 8.64. The van der Waals surface area contributed by atoms with E-state index in [-0.39, 0.29) is 42.0 Å². The fourth-order valence-corrected chi connectivity index (χ4v) is 6.16. The second-order valence-electron chi connectivity index (χ2n) is 11.9. The summed E-state index contributed by atoms with van der Waals surface area (Å²) in [5.74, 6) is -0.138. The number of Topliss-reactive ketones (excluding diaryl/α,β-unsaturated/α-hetero) is 3. The zero-order valence-electron chi connectivity index (χ0n) is 24.4. The molecule has 0 heterocycles. The maximum atomic E-state index is 13.6. The average molecular weight is 537 g/mol. The highest BCUT2D eigenvalue weighted by atomic mass is 16.1. The Hall–Kier alpha value is -3.33. The quantitative estimate of drug-likeness (QED) is 0.216. The summed E-state index contributed by atoms with van der Waals surface area (Å²) in [7, 11) is 0. The maximum Gasteiger partial charge on any atom is 0.139 e. The summed E-state index contributed by atoms with van der Waals surface area (Å²) in [4.78, 5) is 39.8. The number of allylic oxidation sites excluding steroid dienone is 6. The van der Waals surface area contributed by atoms with E-state index in [1.165, 1.54) is 22.3 Å². The minimum atomic E-state index is -0.391. The van der Waals surface area contributed by atoms with Crippen LogP contribution in [0.3, 0.4) is 0 Å². The van der Waals surface area contributed by atoms with Crippen molar-refractivity contribution >= 4 is 22.9 Å². The zero-order valence-corrected chi connectivity index (χ0v) is 24.4. The second kappa shape index (κ2) is 14.3. The van der Waals surface area contributed by atoms with Crippen molar-refractivity contribution in [2.24, 2.45) is 17.8 Å². The number of ketones is 3. The molecule has 2 aromatic carbocycles. The number of rotatable bonds is 16. The molecule has 4 rings (SSSR count). The molecule has 0 fully saturated rings. The van der Waals surface area contributed by atoms with Crippen molar-refractivity contribution < 1.29 is 14.4 Å². The minimum absolute atomic E-state index is 0.0432. The third kappa shape index (κ3) is 8.10. The van der Waals surface area contributed by atoms with Crippen LogP contribution in [0.4, 0.5) is 0 Å². The Morgan fingerprint density at radius 3 is 2.40 bits per heavy atom. The van der Waals surface area contributed by atoms with Gasteiger partial charge in [0.1, 0.15) is 17.3 Å². The fraction of sp³-hybridized carbons (Fsp3) is 0.432. The Morgan fingerprint density at radius 1 is 0.900 bits per heavy atom. The molecule has 0 aromatic heterocycles. The van der Waals surface area contributed by atoms with Crippen LogP contribution in [0, 0.1) is 17.8 Å². The van der Waals surface area contributed by atoms with Crippen molar-refractivity contribution in [2.45, 2.75) is 84.5 Å². The van der Waals surface area contributed by atoms with Crippen LogP contribution < -0.4 is 0 Å². The van der Waals surface area contributed by atoms with Crippen LogP contribution in [0.5, 0.6) is 0 Å². The molecule has 0 radical (unpaired) electrons. The Morgan fingerprint density at radius 2 is 1.65 bits per heavy atom. The largest absolute Gasteiger partial charge is 0.300 e. The van der Waals surface area contributed by atoms with Crippen molar-refractivity contribution in [2.75, 3.05) is 0 Å². The van der Waals surface area contributed by atoms with Crippen LogP contribution >= 0.6 is 0 Å². The summed E-state index contributed by atoms with van der Waals surface area (Å²) in [6.07, 6.45) is 14.6. The van der Waals surface area contributed by atoms with Crippen LogP contribution in [-0.2, 0) is 20.8 Å². The molecule has 0 aliphatic heterocycles. The van der Waals surface area contributed by atoms with Crippen LogP contribution in [0.1, 0.15) is 94.7 Å². The molecule has 0 amide bonds. The van der Waals surface area contributed by atoms with E-state index in [0.29, 0.717) is 18.8 Å². The van der Waals surface area contributed by atoms with E-state index < -0.39 is 5.92 Å². The lowest BCUT2D eigenvalue weighted by Gasteiger charge is -2.21. The predicted octanol–water partition coefficient (Wildman–Crippen LogP) is 8.64. The highest BCUT2D eigenvalue weighted by molar-refractivity contribution is 5.93. The van der Waals surface area contributed by atoms with Crippen LogP contribution in [0.2, 0.25) is 0 Å². The molecule has 40 heavy (non-hydrogen) atoms. The van der Waals surface area contributed by atoms with Gasteiger partial charge in [-0.1, -0.05) is 105 Å². The van der Waals surface area contributed by atoms with E-state index in [1.807, 2.05) is 44.2 Å². The van der Waals surface area contributed by atoms with Crippen molar-refractivity contribution in [1.82, 2.24) is 0 Å². The Balaban J connectivity index is 1.31. The molecule has 0 spiro atoms. The molecule has 2 aromatic rings. The first kappa shape index (κ1) is 29.6. The molecule has 0 N–H and O–H groups in total. The standard InChI is InChI=1S/C37H44O3/c1-26(20-21-31-22-27(2)34-18-9-10-19-35(31)34)36(39)23-28(3)37(40)32(24-30-14-5-4-6-15-30)25-33(38)17-11-16-29-12-7-8-13-29/h4-10,12,14-15,18-19,22,26-28,32H,11,13,16-17,20-21,23-25H2,1-3H3. The highest BCUT2D eigenvalue weighted by Gasteiger charge is 2.29. The summed E-state index contributed by atoms with van der Waals surface area (Å²) < 4.78 is 0. The Kier molecular flexibility index (Phi) is 10.6. The molecular formula is C37H44O3. The van der Waals surface area contributed by atoms with Crippen LogP contribution in [0.15, 0.2) is 84.5 Å². The van der Waals surface area contributed by atoms with Gasteiger partial charge >= 0.3 is 0 Å². The monoisotopic (exact) mass is 536 g/mol. The van der Waals surface area contributed by atoms with Gasteiger partial charge in [0.05, 0.1) is 0 Å². The average Bonchev–Trinajstić information content (AvgIpc) is 3.59. The van der Waals surface area contributed by atoms with Gasteiger partial charge in [-0.2, -0.15) is 0 Å². The van der Waals surface area contributed by atoms with Crippen molar-refractivity contribution in [3.8, 4) is 0 Å². The first-order chi connectivity index (χ1) is 19.3. The first-order valence-electron chi connectivity index (χ1n) is 15.1. The lowest BCUT2D eigenvalue weighted by Crippen LogP contribution is -2.28. The number of carbonyl (C=O) groups is 3. The van der Waals surface area contributed by atoms with E-state index >= 15 is 0 Å². The number of carbonyl (C=O) groups excluding carboxylic acids is 3. The highest BCUT2D eigenvalue weighted by Crippen LogP contribution is 2.38. The molecule has 3 heteroatoms. The Labute approximate surface area is 240 Å². The van der Waals surface area contributed by atoms with E-state index in [4.69, 9.17) is 0 Å². The molecule has 2 aliphatic rings. The summed E-state index contributed by atoms with van der Waals surface area (Å²) >= 11 is 0. The maximum absolute atomic E-state index is 13.6. The number of hydrogen-bond donors (Lipinski definition) is 0. The molecule has 4 atom stereocenters. The molecule has 0 saturated carbocycles. The lowest BCUT2D eigenvalue weighted by atomic mass is 9.81. The molecule has 2 aliphatic carbocycles. The Bertz CT molecular complexity index is 1280. The van der Waals surface area contributed by atoms with Gasteiger partial charge in [-0.25, -0.2) is 0 Å². The zero-order chi connectivity index (χ0) is 28.5. The summed E-state index contributed by atoms with van der Waals surface area (Å²) in [6, 6.07) is 18.4. The van der Waals surface area contributed by atoms with E-state index in [9.17, 15) is 14.4 Å². The molecule has 0 saturated heterocycles. The normalized spacial score (nSPS) is 18.0. The van der Waals surface area contributed by atoms with Crippen molar-refractivity contribution in [1.29, 1.82) is 0 Å². The van der Waals surface area contributed by atoms with Crippen molar-refractivity contribution in [3.63, 3.8) is 0 Å². The van der Waals surface area contributed by atoms with Gasteiger partial charge in [0.15, 0.2) is 0 Å². The fourth-order valence-electron chi connectivity index (χ4n) is 6.16. The van der Waals surface area contributed by atoms with Gasteiger partial charge in [-0.15, -0.1) is 0 Å². The first-order valence-corrected chi connectivity index (χ1v) is 15.1. The molecule has 4 unspecified atom stereocenters. The van der Waals surface area contributed by atoms with Gasteiger partial charge in [0, 0.05) is 42.9 Å². The van der Waals surface area contributed by atoms with Gasteiger partial charge in [0.25, 0.3) is 0 Å². The number of benzene rings is 2. The minimum Gasteiger partial charge on any atom is -0.300 e. The third-order valence-electron chi connectivity index (χ3n) is 8.64. The molecule has 210 valence electrons. The van der Waals surface area contributed by atoms with Gasteiger partial charge in [-0.3, -0.25) is 14.4 Å². The lowest BCUT2D eigenvalue weighted by molar-refractivity contribution is -0.133. The SMILES string of the molecule is CC(CCC1=CC(C)c2ccccc21)C(=O)CC(C)C(=O)C(CC(=O)CCCC1=CC=CC1)Cc1ccccc1. The number of fused-ring (bicyclic) bond motifs is 1. The summed E-state index contributed by atoms with van der Waals surface area (Å²) in [5, 5.41) is 0. The molecule has 3 nitrogen and oxygen atoms in total. The molecule has 0 bridgehead atoms. The number of hydrogen-bond acceptors (Lipinski definition) is 3. The van der Waals surface area contributed by atoms with Crippen LogP contribution in [0.25, 0.3) is 5.57 Å². The second-order valence-corrected chi connectivity index (χ2v) is 11.9. The van der Waals surface area contributed by atoms with Gasteiger partial charge in [-0.05, 0) is 60.8 Å². The van der Waals surface area contributed by atoms with Gasteiger partial charge in [0.2, 0.25) is 0 Å². The van der Waals surface area contributed by atoms with E-state index in [0.717, 1.165) is 37.7 Å². The predicted molar refractivity (Wildman–Crippen MR) is 164 cm³/mol. The van der Waals surface area contributed by atoms with E-state index in [2.05, 4.69) is 55.5 Å². The summed E-state index contributed by atoms with van der Waals surface area (Å²) in [6.45, 7) is 6.08. The van der Waals surface area contributed by atoms with Crippen molar-refractivity contribution in [3.05, 3.63) is 101 Å². The summed E-state index contributed by atoms with van der Waals surface area (Å²) in [5.41, 5.74) is 6.43. The smallest absolute Gasteiger partial charge is 0.139 e. The van der Waals surface area contributed by atoms with Gasteiger partial charge < -0.3 is 0 Å². The molecular weight excluding hydrogens is 492 g/mol. The van der Waals surface area contributed by atoms with E-state index in [1.54, 1.807) is 0 Å². The topological polar surface area (TPSA) is 51.2 Å². The van der Waals surface area contributed by atoms with Crippen LogP contribution in [-0.4, -0.2) is 17.3 Å².